The van der Waals surface area contributed by atoms with E-state index in [1.807, 2.05) is 31.1 Å². The van der Waals surface area contributed by atoms with Crippen molar-refractivity contribution in [3.63, 3.8) is 0 Å². The highest BCUT2D eigenvalue weighted by molar-refractivity contribution is 5.78. The fraction of sp³-hybridized carbons (Fsp3) is 0.579. The molecule has 1 N–H and O–H groups in total. The summed E-state index contributed by atoms with van der Waals surface area (Å²) in [6.07, 6.45) is 2.81. The van der Waals surface area contributed by atoms with Gasteiger partial charge in [0.05, 0.1) is 6.04 Å². The molecule has 0 aromatic heterocycles. The van der Waals surface area contributed by atoms with Gasteiger partial charge in [-0.1, -0.05) is 24.3 Å². The number of likely N-dealkylation sites (tertiary alicyclic amines) is 1. The summed E-state index contributed by atoms with van der Waals surface area (Å²) in [4.78, 5) is 27.7. The van der Waals surface area contributed by atoms with E-state index in [1.54, 1.807) is 0 Å². The molecule has 1 aliphatic heterocycles. The third kappa shape index (κ3) is 5.06. The van der Waals surface area contributed by atoms with Gasteiger partial charge in [-0.25, -0.2) is 0 Å². The zero-order chi connectivity index (χ0) is 17.5. The normalized spacial score (nSPS) is 15.8. The van der Waals surface area contributed by atoms with Crippen LogP contribution in [0.15, 0.2) is 24.3 Å². The van der Waals surface area contributed by atoms with E-state index in [1.165, 1.54) is 11.1 Å². The second-order valence-electron chi connectivity index (χ2n) is 6.73. The number of carbonyl (C=O) groups is 2. The summed E-state index contributed by atoms with van der Waals surface area (Å²) in [5.41, 5.74) is 2.48. The largest absolute Gasteiger partial charge is 0.354 e. The average Bonchev–Trinajstić information content (AvgIpc) is 2.94. The van der Waals surface area contributed by atoms with E-state index in [0.29, 0.717) is 25.9 Å². The number of likely N-dealkylation sites (N-methyl/N-ethyl adjacent to an activating group) is 1. The van der Waals surface area contributed by atoms with E-state index in [4.69, 9.17) is 0 Å². The lowest BCUT2D eigenvalue weighted by atomic mass is 10.0. The molecule has 0 spiro atoms. The minimum absolute atomic E-state index is 0.0575. The molecular weight excluding hydrogens is 302 g/mol. The fourth-order valence-electron chi connectivity index (χ4n) is 3.20. The molecule has 0 radical (unpaired) electrons. The zero-order valence-electron chi connectivity index (χ0n) is 15.0. The Balaban J connectivity index is 1.78. The topological polar surface area (TPSA) is 52.7 Å². The highest BCUT2D eigenvalue weighted by atomic mass is 16.2. The molecule has 1 aromatic rings. The summed E-state index contributed by atoms with van der Waals surface area (Å²) in [5, 5.41) is 3.04. The van der Waals surface area contributed by atoms with Crippen molar-refractivity contribution in [2.75, 3.05) is 33.7 Å². The molecule has 2 amide bonds. The maximum atomic E-state index is 12.1. The molecule has 24 heavy (non-hydrogen) atoms. The van der Waals surface area contributed by atoms with Crippen molar-refractivity contribution in [1.29, 1.82) is 0 Å². The number of benzene rings is 1. The Labute approximate surface area is 145 Å². The third-order valence-corrected chi connectivity index (χ3v) is 4.67. The first kappa shape index (κ1) is 18.5. The number of hydrogen-bond acceptors (Lipinski definition) is 3. The van der Waals surface area contributed by atoms with E-state index >= 15 is 0 Å². The molecule has 5 nitrogen and oxygen atoms in total. The van der Waals surface area contributed by atoms with Gasteiger partial charge in [-0.15, -0.1) is 0 Å². The first-order valence-electron chi connectivity index (χ1n) is 8.75. The van der Waals surface area contributed by atoms with Crippen molar-refractivity contribution in [3.05, 3.63) is 35.4 Å². The quantitative estimate of drug-likeness (QED) is 0.794. The molecule has 0 bridgehead atoms. The maximum absolute atomic E-state index is 12.1. The summed E-state index contributed by atoms with van der Waals surface area (Å²) in [7, 11) is 4.06. The number of aryl methyl sites for hydroxylation is 1. The number of hydrogen-bond donors (Lipinski definition) is 1. The Kier molecular flexibility index (Phi) is 6.79. The van der Waals surface area contributed by atoms with Gasteiger partial charge in [-0.05, 0) is 45.0 Å². The van der Waals surface area contributed by atoms with Crippen LogP contribution >= 0.6 is 0 Å². The van der Waals surface area contributed by atoms with E-state index in [2.05, 4.69) is 29.3 Å². The summed E-state index contributed by atoms with van der Waals surface area (Å²) >= 11 is 0. The molecule has 132 valence electrons. The van der Waals surface area contributed by atoms with Crippen LogP contribution in [0.3, 0.4) is 0 Å². The number of amides is 2. The summed E-state index contributed by atoms with van der Waals surface area (Å²) in [6.45, 7) is 4.23. The first-order valence-corrected chi connectivity index (χ1v) is 8.75. The molecule has 1 aromatic carbocycles. The molecule has 0 unspecified atom stereocenters. The van der Waals surface area contributed by atoms with Gasteiger partial charge in [0.2, 0.25) is 11.8 Å². The summed E-state index contributed by atoms with van der Waals surface area (Å²) in [6, 6.07) is 8.44. The van der Waals surface area contributed by atoms with Crippen LogP contribution in [0.2, 0.25) is 0 Å². The van der Waals surface area contributed by atoms with E-state index < -0.39 is 0 Å². The predicted molar refractivity (Wildman–Crippen MR) is 95.7 cm³/mol. The molecule has 2 rings (SSSR count). The van der Waals surface area contributed by atoms with Gasteiger partial charge >= 0.3 is 0 Å². The van der Waals surface area contributed by atoms with Crippen molar-refractivity contribution in [2.45, 2.75) is 38.6 Å². The van der Waals surface area contributed by atoms with Crippen LogP contribution in [0.4, 0.5) is 0 Å². The van der Waals surface area contributed by atoms with Crippen molar-refractivity contribution in [2.24, 2.45) is 0 Å². The second kappa shape index (κ2) is 8.83. The van der Waals surface area contributed by atoms with Gasteiger partial charge in [-0.3, -0.25) is 9.59 Å². The monoisotopic (exact) mass is 331 g/mol. The van der Waals surface area contributed by atoms with E-state index in [0.717, 1.165) is 19.4 Å². The van der Waals surface area contributed by atoms with Crippen molar-refractivity contribution >= 4 is 11.8 Å². The molecule has 1 aliphatic rings. The smallest absolute Gasteiger partial charge is 0.222 e. The lowest BCUT2D eigenvalue weighted by Gasteiger charge is -2.26. The maximum Gasteiger partial charge on any atom is 0.222 e. The van der Waals surface area contributed by atoms with Crippen LogP contribution in [-0.4, -0.2) is 55.3 Å². The van der Waals surface area contributed by atoms with Gasteiger partial charge in [0, 0.05) is 32.5 Å². The van der Waals surface area contributed by atoms with Gasteiger partial charge in [0.15, 0.2) is 0 Å². The second-order valence-corrected chi connectivity index (χ2v) is 6.73. The van der Waals surface area contributed by atoms with Gasteiger partial charge < -0.3 is 15.1 Å². The van der Waals surface area contributed by atoms with Crippen molar-refractivity contribution in [3.8, 4) is 0 Å². The van der Waals surface area contributed by atoms with Crippen LogP contribution in [0.25, 0.3) is 0 Å². The Hall–Kier alpha value is -1.88. The van der Waals surface area contributed by atoms with Crippen LogP contribution in [-0.2, 0) is 9.59 Å². The lowest BCUT2D eigenvalue weighted by Crippen LogP contribution is -2.35. The van der Waals surface area contributed by atoms with Gasteiger partial charge in [0.25, 0.3) is 0 Å². The number of nitrogens with one attached hydrogen (secondary N) is 1. The third-order valence-electron chi connectivity index (χ3n) is 4.67. The minimum Gasteiger partial charge on any atom is -0.354 e. The Morgan fingerprint density at radius 1 is 1.33 bits per heavy atom. The molecule has 1 saturated heterocycles. The zero-order valence-corrected chi connectivity index (χ0v) is 15.0. The number of carbonyl (C=O) groups excluding carboxylic acids is 2. The fourth-order valence-corrected chi connectivity index (χ4v) is 3.20. The van der Waals surface area contributed by atoms with E-state index in [9.17, 15) is 9.59 Å². The first-order chi connectivity index (χ1) is 11.5. The molecule has 5 heteroatoms. The van der Waals surface area contributed by atoms with Gasteiger partial charge in [0.1, 0.15) is 0 Å². The number of nitrogens with zero attached hydrogens (tertiary/aromatic N) is 2. The highest BCUT2D eigenvalue weighted by Gasteiger charge is 2.20. The minimum atomic E-state index is 0.0575. The van der Waals surface area contributed by atoms with E-state index in [-0.39, 0.29) is 17.9 Å². The molecule has 0 saturated carbocycles. The SMILES string of the molecule is Cc1ccccc1[C@@H](CNC(=O)CCCN1CCCC1=O)N(C)C. The average molecular weight is 331 g/mol. The summed E-state index contributed by atoms with van der Waals surface area (Å²) in [5.74, 6) is 0.282. The van der Waals surface area contributed by atoms with Gasteiger partial charge in [-0.2, -0.15) is 0 Å². The standard InChI is InChI=1S/C19H29N3O2/c1-15-8-4-5-9-16(15)17(21(2)3)14-20-18(23)10-6-12-22-13-7-11-19(22)24/h4-5,8-9,17H,6-7,10-14H2,1-3H3,(H,20,23)/t17-/m1/s1. The molecule has 1 atom stereocenters. The van der Waals surface area contributed by atoms with Crippen molar-refractivity contribution in [1.82, 2.24) is 15.1 Å². The van der Waals surface area contributed by atoms with Crippen LogP contribution in [0.1, 0.15) is 42.9 Å². The molecule has 1 heterocycles. The van der Waals surface area contributed by atoms with Crippen LogP contribution in [0.5, 0.6) is 0 Å². The molecule has 1 fully saturated rings. The molecule has 0 aliphatic carbocycles. The lowest BCUT2D eigenvalue weighted by molar-refractivity contribution is -0.128. The predicted octanol–water partition coefficient (Wildman–Crippen LogP) is 2.12. The summed E-state index contributed by atoms with van der Waals surface area (Å²) < 4.78 is 0. The Bertz CT molecular complexity index is 571. The van der Waals surface area contributed by atoms with Crippen LogP contribution < -0.4 is 5.32 Å². The Morgan fingerprint density at radius 2 is 2.08 bits per heavy atom. The van der Waals surface area contributed by atoms with Crippen LogP contribution in [0, 0.1) is 6.92 Å². The number of rotatable bonds is 8. The highest BCUT2D eigenvalue weighted by Crippen LogP contribution is 2.21. The van der Waals surface area contributed by atoms with Crippen molar-refractivity contribution < 1.29 is 9.59 Å². The molecular formula is C19H29N3O2. The Morgan fingerprint density at radius 3 is 2.71 bits per heavy atom.